The first kappa shape index (κ1) is 18.0. The summed E-state index contributed by atoms with van der Waals surface area (Å²) >= 11 is 0. The number of allylic oxidation sites excluding steroid dienone is 1. The number of benzene rings is 2. The van der Waals surface area contributed by atoms with Crippen LogP contribution in [-0.2, 0) is 0 Å². The number of rotatable bonds is 7. The van der Waals surface area contributed by atoms with Crippen molar-refractivity contribution in [3.63, 3.8) is 0 Å². The van der Waals surface area contributed by atoms with Crippen molar-refractivity contribution in [2.24, 2.45) is 0 Å². The normalized spacial score (nSPS) is 11.6. The predicted octanol–water partition coefficient (Wildman–Crippen LogP) is 6.09. The maximum Gasteiger partial charge on any atom is 0.201 e. The van der Waals surface area contributed by atoms with Crippen LogP contribution in [0.3, 0.4) is 0 Å². The molecular formula is C19H18F4O. The lowest BCUT2D eigenvalue weighted by Gasteiger charge is -2.09. The first-order valence-corrected chi connectivity index (χ1v) is 7.70. The summed E-state index contributed by atoms with van der Waals surface area (Å²) in [4.78, 5) is 0. The van der Waals surface area contributed by atoms with Crippen LogP contribution in [0.1, 0.15) is 25.3 Å². The Morgan fingerprint density at radius 3 is 2.38 bits per heavy atom. The lowest BCUT2D eigenvalue weighted by atomic mass is 10.0. The molecule has 0 amide bonds. The quantitative estimate of drug-likeness (QED) is 0.555. The molecule has 0 aliphatic rings. The molecule has 0 saturated carbocycles. The molecule has 2 aromatic rings. The average Bonchev–Trinajstić information content (AvgIpc) is 2.58. The summed E-state index contributed by atoms with van der Waals surface area (Å²) in [6, 6.07) is 9.16. The third kappa shape index (κ3) is 4.37. The summed E-state index contributed by atoms with van der Waals surface area (Å²) in [7, 11) is 0. The summed E-state index contributed by atoms with van der Waals surface area (Å²) in [5.41, 5.74) is 1.14. The molecule has 0 aromatic heterocycles. The minimum absolute atomic E-state index is 0.0387. The highest BCUT2D eigenvalue weighted by atomic mass is 19.2. The molecule has 0 N–H and O–H groups in total. The van der Waals surface area contributed by atoms with Gasteiger partial charge in [-0.05, 0) is 42.7 Å². The molecule has 0 atom stereocenters. The van der Waals surface area contributed by atoms with Crippen molar-refractivity contribution in [1.82, 2.24) is 0 Å². The first-order chi connectivity index (χ1) is 11.6. The molecule has 5 heteroatoms. The van der Waals surface area contributed by atoms with Gasteiger partial charge in [-0.3, -0.25) is 4.39 Å². The van der Waals surface area contributed by atoms with E-state index in [4.69, 9.17) is 4.74 Å². The lowest BCUT2D eigenvalue weighted by Crippen LogP contribution is -1.98. The maximum absolute atomic E-state index is 14.2. The van der Waals surface area contributed by atoms with Crippen LogP contribution < -0.4 is 4.74 Å². The molecule has 128 valence electrons. The molecule has 0 radical (unpaired) electrons. The molecule has 0 fully saturated rings. The van der Waals surface area contributed by atoms with Gasteiger partial charge in [-0.15, -0.1) is 0 Å². The van der Waals surface area contributed by atoms with E-state index in [-0.39, 0.29) is 30.8 Å². The van der Waals surface area contributed by atoms with E-state index >= 15 is 0 Å². The van der Waals surface area contributed by atoms with Crippen LogP contribution >= 0.6 is 0 Å². The van der Waals surface area contributed by atoms with Gasteiger partial charge in [0.15, 0.2) is 11.6 Å². The van der Waals surface area contributed by atoms with Gasteiger partial charge < -0.3 is 4.74 Å². The average molecular weight is 338 g/mol. The van der Waals surface area contributed by atoms with Crippen LogP contribution in [0.4, 0.5) is 17.6 Å². The van der Waals surface area contributed by atoms with Crippen LogP contribution in [0.5, 0.6) is 5.75 Å². The molecule has 0 bridgehead atoms. The molecule has 2 rings (SSSR count). The molecule has 0 spiro atoms. The minimum atomic E-state index is -1.03. The van der Waals surface area contributed by atoms with Crippen LogP contribution in [0.2, 0.25) is 0 Å². The fraction of sp³-hybridized carbons (Fsp3) is 0.263. The molecule has 0 aliphatic heterocycles. The zero-order chi connectivity index (χ0) is 17.5. The van der Waals surface area contributed by atoms with Crippen LogP contribution in [0, 0.1) is 11.6 Å². The molecule has 0 saturated heterocycles. The van der Waals surface area contributed by atoms with E-state index in [1.54, 1.807) is 31.2 Å². The molecule has 24 heavy (non-hydrogen) atoms. The Hall–Kier alpha value is -2.30. The van der Waals surface area contributed by atoms with Gasteiger partial charge in [0.2, 0.25) is 5.82 Å². The zero-order valence-corrected chi connectivity index (χ0v) is 13.3. The summed E-state index contributed by atoms with van der Waals surface area (Å²) < 4.78 is 58.6. The van der Waals surface area contributed by atoms with Gasteiger partial charge in [0.1, 0.15) is 5.83 Å². The Labute approximate surface area is 138 Å². The van der Waals surface area contributed by atoms with Crippen molar-refractivity contribution in [3.8, 4) is 16.9 Å². The number of halogens is 4. The Morgan fingerprint density at radius 2 is 1.75 bits per heavy atom. The SMILES string of the molecule is CCOc1ccc(-c2ccc(/C=C(\F)CCCF)cc2)c(F)c1F. The summed E-state index contributed by atoms with van der Waals surface area (Å²) in [6.07, 6.45) is 1.47. The number of alkyl halides is 1. The van der Waals surface area contributed by atoms with Crippen molar-refractivity contribution in [2.45, 2.75) is 19.8 Å². The van der Waals surface area contributed by atoms with E-state index in [1.807, 2.05) is 0 Å². The highest BCUT2D eigenvalue weighted by molar-refractivity contribution is 5.67. The van der Waals surface area contributed by atoms with E-state index in [0.717, 1.165) is 0 Å². The molecule has 0 aliphatic carbocycles. The standard InChI is InChI=1S/C19H18F4O/c1-2-24-17-10-9-16(18(22)19(17)23)14-7-5-13(6-8-14)12-15(21)4-3-11-20/h5-10,12H,2-4,11H2,1H3/b15-12-. The van der Waals surface area contributed by atoms with Crippen molar-refractivity contribution in [3.05, 3.63) is 59.4 Å². The monoisotopic (exact) mass is 338 g/mol. The lowest BCUT2D eigenvalue weighted by molar-refractivity contribution is 0.314. The predicted molar refractivity (Wildman–Crippen MR) is 87.3 cm³/mol. The fourth-order valence-electron chi connectivity index (χ4n) is 2.27. The minimum Gasteiger partial charge on any atom is -0.491 e. The molecule has 2 aromatic carbocycles. The summed E-state index contributed by atoms with van der Waals surface area (Å²) in [6.45, 7) is 1.36. The van der Waals surface area contributed by atoms with E-state index < -0.39 is 24.1 Å². The van der Waals surface area contributed by atoms with Crippen LogP contribution in [-0.4, -0.2) is 13.3 Å². The number of hydrogen-bond acceptors (Lipinski definition) is 1. The van der Waals surface area contributed by atoms with Gasteiger partial charge in [0, 0.05) is 12.0 Å². The number of hydrogen-bond donors (Lipinski definition) is 0. The number of ether oxygens (including phenoxy) is 1. The second-order valence-corrected chi connectivity index (χ2v) is 5.18. The molecular weight excluding hydrogens is 320 g/mol. The van der Waals surface area contributed by atoms with E-state index in [2.05, 4.69) is 0 Å². The van der Waals surface area contributed by atoms with Crippen molar-refractivity contribution >= 4 is 6.08 Å². The maximum atomic E-state index is 14.2. The van der Waals surface area contributed by atoms with Crippen LogP contribution in [0.15, 0.2) is 42.2 Å². The second-order valence-electron chi connectivity index (χ2n) is 5.18. The Morgan fingerprint density at radius 1 is 1.04 bits per heavy atom. The van der Waals surface area contributed by atoms with Gasteiger partial charge in [-0.1, -0.05) is 24.3 Å². The fourth-order valence-corrected chi connectivity index (χ4v) is 2.27. The van der Waals surface area contributed by atoms with Crippen LogP contribution in [0.25, 0.3) is 17.2 Å². The topological polar surface area (TPSA) is 9.23 Å². The second kappa shape index (κ2) is 8.52. The van der Waals surface area contributed by atoms with Crippen molar-refractivity contribution in [2.75, 3.05) is 13.3 Å². The van der Waals surface area contributed by atoms with E-state index in [9.17, 15) is 17.6 Å². The van der Waals surface area contributed by atoms with Crippen molar-refractivity contribution < 1.29 is 22.3 Å². The Bertz CT molecular complexity index is 708. The zero-order valence-electron chi connectivity index (χ0n) is 13.3. The highest BCUT2D eigenvalue weighted by Gasteiger charge is 2.15. The molecule has 0 heterocycles. The van der Waals surface area contributed by atoms with E-state index in [1.165, 1.54) is 18.2 Å². The highest BCUT2D eigenvalue weighted by Crippen LogP contribution is 2.30. The molecule has 1 nitrogen and oxygen atoms in total. The first-order valence-electron chi connectivity index (χ1n) is 7.70. The van der Waals surface area contributed by atoms with Gasteiger partial charge in [-0.2, -0.15) is 4.39 Å². The van der Waals surface area contributed by atoms with Gasteiger partial charge in [-0.25, -0.2) is 8.78 Å². The summed E-state index contributed by atoms with van der Waals surface area (Å²) in [5.74, 6) is -2.57. The van der Waals surface area contributed by atoms with Gasteiger partial charge in [0.25, 0.3) is 0 Å². The van der Waals surface area contributed by atoms with Crippen molar-refractivity contribution in [1.29, 1.82) is 0 Å². The molecule has 0 unspecified atom stereocenters. The third-order valence-corrected chi connectivity index (χ3v) is 3.44. The van der Waals surface area contributed by atoms with Gasteiger partial charge >= 0.3 is 0 Å². The van der Waals surface area contributed by atoms with Gasteiger partial charge in [0.05, 0.1) is 13.3 Å². The smallest absolute Gasteiger partial charge is 0.201 e. The van der Waals surface area contributed by atoms with E-state index in [0.29, 0.717) is 11.1 Å². The summed E-state index contributed by atoms with van der Waals surface area (Å²) in [5, 5.41) is 0. The third-order valence-electron chi connectivity index (χ3n) is 3.44. The largest absolute Gasteiger partial charge is 0.491 e. The Kier molecular flexibility index (Phi) is 6.41. The Balaban J connectivity index is 2.23.